The van der Waals surface area contributed by atoms with Gasteiger partial charge in [0.1, 0.15) is 0 Å². The number of carboxylic acid groups (broad SMARTS) is 1. The Hall–Kier alpha value is -0.790. The van der Waals surface area contributed by atoms with Gasteiger partial charge in [0.2, 0.25) is 0 Å². The van der Waals surface area contributed by atoms with Gasteiger partial charge in [0, 0.05) is 5.57 Å². The van der Waals surface area contributed by atoms with Crippen molar-refractivity contribution >= 4 is 5.97 Å². The van der Waals surface area contributed by atoms with Gasteiger partial charge in [0.15, 0.2) is 0 Å². The standard InChI is InChI=1S/C20H38O2/c1-4-5-6-7-8-9-10-11-12-13-14-15-16-17-18(2)19(3)20(21)22/h4-17H2,1-3H3,(H,21,22). The molecular formula is C20H38O2. The molecule has 0 saturated carbocycles. The van der Waals surface area contributed by atoms with Crippen LogP contribution in [0.3, 0.4) is 0 Å². The van der Waals surface area contributed by atoms with Gasteiger partial charge in [-0.15, -0.1) is 0 Å². The highest BCUT2D eigenvalue weighted by molar-refractivity contribution is 5.86. The van der Waals surface area contributed by atoms with Crippen LogP contribution < -0.4 is 0 Å². The van der Waals surface area contributed by atoms with Crippen LogP contribution in [-0.4, -0.2) is 11.1 Å². The number of rotatable bonds is 15. The molecule has 0 unspecified atom stereocenters. The minimum atomic E-state index is -0.771. The second-order valence-corrected chi connectivity index (χ2v) is 6.70. The molecule has 0 atom stereocenters. The summed E-state index contributed by atoms with van der Waals surface area (Å²) in [5, 5.41) is 8.90. The van der Waals surface area contributed by atoms with E-state index in [1.165, 1.54) is 77.0 Å². The van der Waals surface area contributed by atoms with Crippen molar-refractivity contribution in [3.63, 3.8) is 0 Å². The van der Waals surface area contributed by atoms with E-state index >= 15 is 0 Å². The van der Waals surface area contributed by atoms with Crippen LogP contribution in [-0.2, 0) is 4.79 Å². The zero-order valence-electron chi connectivity index (χ0n) is 15.3. The third-order valence-corrected chi connectivity index (χ3v) is 4.62. The molecule has 0 rings (SSSR count). The zero-order valence-corrected chi connectivity index (χ0v) is 15.3. The second-order valence-electron chi connectivity index (χ2n) is 6.70. The molecule has 1 N–H and O–H groups in total. The quantitative estimate of drug-likeness (QED) is 0.264. The van der Waals surface area contributed by atoms with Crippen molar-refractivity contribution in [2.24, 2.45) is 0 Å². The highest BCUT2D eigenvalue weighted by Crippen LogP contribution is 2.16. The average molecular weight is 311 g/mol. The lowest BCUT2D eigenvalue weighted by Crippen LogP contribution is -1.99. The second kappa shape index (κ2) is 15.1. The Morgan fingerprint density at radius 3 is 1.41 bits per heavy atom. The molecule has 0 radical (unpaired) electrons. The van der Waals surface area contributed by atoms with Crippen molar-refractivity contribution in [2.45, 2.75) is 111 Å². The summed E-state index contributed by atoms with van der Waals surface area (Å²) in [6, 6.07) is 0. The van der Waals surface area contributed by atoms with Gasteiger partial charge in [0.05, 0.1) is 0 Å². The largest absolute Gasteiger partial charge is 0.478 e. The lowest BCUT2D eigenvalue weighted by Gasteiger charge is -2.05. The molecule has 0 amide bonds. The summed E-state index contributed by atoms with van der Waals surface area (Å²) in [5.74, 6) is -0.771. The van der Waals surface area contributed by atoms with Crippen molar-refractivity contribution < 1.29 is 9.90 Å². The lowest BCUT2D eigenvalue weighted by atomic mass is 10.0. The molecule has 22 heavy (non-hydrogen) atoms. The van der Waals surface area contributed by atoms with Crippen molar-refractivity contribution in [3.8, 4) is 0 Å². The average Bonchev–Trinajstić information content (AvgIpc) is 2.50. The molecule has 0 saturated heterocycles. The molecule has 0 aliphatic carbocycles. The van der Waals surface area contributed by atoms with Crippen molar-refractivity contribution in [1.29, 1.82) is 0 Å². The molecule has 0 fully saturated rings. The third kappa shape index (κ3) is 12.9. The zero-order chi connectivity index (χ0) is 16.6. The fourth-order valence-corrected chi connectivity index (χ4v) is 2.78. The molecule has 0 aromatic heterocycles. The maximum Gasteiger partial charge on any atom is 0.331 e. The molecule has 0 aromatic carbocycles. The minimum Gasteiger partial charge on any atom is -0.478 e. The predicted molar refractivity (Wildman–Crippen MR) is 96.3 cm³/mol. The first kappa shape index (κ1) is 21.2. The normalized spacial score (nSPS) is 12.3. The fraction of sp³-hybridized carbons (Fsp3) is 0.850. The van der Waals surface area contributed by atoms with Gasteiger partial charge in [-0.3, -0.25) is 0 Å². The van der Waals surface area contributed by atoms with E-state index in [-0.39, 0.29) is 0 Å². The number of aliphatic carboxylic acids is 1. The molecular weight excluding hydrogens is 272 g/mol. The fourth-order valence-electron chi connectivity index (χ4n) is 2.78. The number of allylic oxidation sites excluding steroid dienone is 1. The van der Waals surface area contributed by atoms with E-state index in [1.807, 2.05) is 6.92 Å². The van der Waals surface area contributed by atoms with E-state index in [2.05, 4.69) is 6.92 Å². The maximum absolute atomic E-state index is 10.8. The Morgan fingerprint density at radius 1 is 0.682 bits per heavy atom. The third-order valence-electron chi connectivity index (χ3n) is 4.62. The summed E-state index contributed by atoms with van der Waals surface area (Å²) in [6.45, 7) is 5.93. The van der Waals surface area contributed by atoms with E-state index in [0.29, 0.717) is 5.57 Å². The summed E-state index contributed by atoms with van der Waals surface area (Å²) in [5.41, 5.74) is 1.56. The van der Waals surface area contributed by atoms with E-state index in [1.54, 1.807) is 6.92 Å². The summed E-state index contributed by atoms with van der Waals surface area (Å²) in [7, 11) is 0. The van der Waals surface area contributed by atoms with Crippen LogP contribution in [0.4, 0.5) is 0 Å². The Kier molecular flexibility index (Phi) is 14.6. The van der Waals surface area contributed by atoms with Crippen LogP contribution in [0.15, 0.2) is 11.1 Å². The summed E-state index contributed by atoms with van der Waals surface area (Å²) in [6.07, 6.45) is 18.6. The topological polar surface area (TPSA) is 37.3 Å². The Bertz CT molecular complexity index is 305. The van der Waals surface area contributed by atoms with Crippen LogP contribution in [0.5, 0.6) is 0 Å². The summed E-state index contributed by atoms with van der Waals surface area (Å²) >= 11 is 0. The van der Waals surface area contributed by atoms with Crippen LogP contribution >= 0.6 is 0 Å². The van der Waals surface area contributed by atoms with Crippen LogP contribution in [0.1, 0.15) is 111 Å². The molecule has 0 aliphatic heterocycles. The maximum atomic E-state index is 10.8. The van der Waals surface area contributed by atoms with Gasteiger partial charge in [-0.25, -0.2) is 4.79 Å². The van der Waals surface area contributed by atoms with E-state index < -0.39 is 5.97 Å². The highest BCUT2D eigenvalue weighted by Gasteiger charge is 2.04. The van der Waals surface area contributed by atoms with Crippen molar-refractivity contribution in [3.05, 3.63) is 11.1 Å². The first-order valence-electron chi connectivity index (χ1n) is 9.49. The molecule has 2 nitrogen and oxygen atoms in total. The van der Waals surface area contributed by atoms with Crippen molar-refractivity contribution in [1.82, 2.24) is 0 Å². The highest BCUT2D eigenvalue weighted by atomic mass is 16.4. The van der Waals surface area contributed by atoms with Gasteiger partial charge in [0.25, 0.3) is 0 Å². The molecule has 130 valence electrons. The number of carbonyl (C=O) groups is 1. The summed E-state index contributed by atoms with van der Waals surface area (Å²) < 4.78 is 0. The van der Waals surface area contributed by atoms with Crippen LogP contribution in [0, 0.1) is 0 Å². The first-order chi connectivity index (χ1) is 10.6. The number of hydrogen-bond donors (Lipinski definition) is 1. The minimum absolute atomic E-state index is 0.527. The van der Waals surface area contributed by atoms with Crippen LogP contribution in [0.25, 0.3) is 0 Å². The van der Waals surface area contributed by atoms with Crippen LogP contribution in [0.2, 0.25) is 0 Å². The molecule has 0 bridgehead atoms. The molecule has 0 aliphatic rings. The van der Waals surface area contributed by atoms with Gasteiger partial charge in [-0.1, -0.05) is 89.5 Å². The molecule has 0 spiro atoms. The van der Waals surface area contributed by atoms with E-state index in [0.717, 1.165) is 18.4 Å². The van der Waals surface area contributed by atoms with E-state index in [9.17, 15) is 4.79 Å². The number of unbranched alkanes of at least 4 members (excludes halogenated alkanes) is 12. The SMILES string of the molecule is CCCCCCCCCCCCCCCC(C)=C(C)C(=O)O. The molecule has 0 heterocycles. The van der Waals surface area contributed by atoms with Gasteiger partial charge >= 0.3 is 5.97 Å². The monoisotopic (exact) mass is 310 g/mol. The van der Waals surface area contributed by atoms with E-state index in [4.69, 9.17) is 5.11 Å². The smallest absolute Gasteiger partial charge is 0.331 e. The summed E-state index contributed by atoms with van der Waals surface area (Å²) in [4.78, 5) is 10.8. The molecule has 0 aromatic rings. The predicted octanol–water partition coefficient (Wildman–Crippen LogP) is 6.89. The van der Waals surface area contributed by atoms with Crippen molar-refractivity contribution in [2.75, 3.05) is 0 Å². The first-order valence-corrected chi connectivity index (χ1v) is 9.49. The Morgan fingerprint density at radius 2 is 1.05 bits per heavy atom. The van der Waals surface area contributed by atoms with Gasteiger partial charge in [-0.2, -0.15) is 0 Å². The van der Waals surface area contributed by atoms with Gasteiger partial charge in [-0.05, 0) is 26.7 Å². The Labute approximate surface area is 138 Å². The lowest BCUT2D eigenvalue weighted by molar-refractivity contribution is -0.132. The number of hydrogen-bond acceptors (Lipinski definition) is 1. The number of carboxylic acids is 1. The molecule has 2 heteroatoms. The Balaban J connectivity index is 3.27. The van der Waals surface area contributed by atoms with Gasteiger partial charge < -0.3 is 5.11 Å².